The summed E-state index contributed by atoms with van der Waals surface area (Å²) in [5, 5.41) is 0.538. The zero-order valence-electron chi connectivity index (χ0n) is 14.2. The van der Waals surface area contributed by atoms with Crippen molar-refractivity contribution in [3.05, 3.63) is 69.7 Å². The normalized spacial score (nSPS) is 11.3. The second kappa shape index (κ2) is 8.00. The predicted octanol–water partition coefficient (Wildman–Crippen LogP) is 3.96. The van der Waals surface area contributed by atoms with Crippen LogP contribution in [0.25, 0.3) is 5.69 Å². The van der Waals surface area contributed by atoms with Crippen molar-refractivity contribution in [3.8, 4) is 11.4 Å². The zero-order chi connectivity index (χ0) is 20.5. The molecule has 3 aromatic rings. The fourth-order valence-electron chi connectivity index (χ4n) is 2.31. The summed E-state index contributed by atoms with van der Waals surface area (Å²) >= 11 is 18.1. The monoisotopic (exact) mass is 459 g/mol. The molecular weight excluding hydrogens is 449 g/mol. The Balaban J connectivity index is 1.88. The highest BCUT2D eigenvalue weighted by molar-refractivity contribution is 7.90. The molecule has 1 amide bonds. The van der Waals surface area contributed by atoms with Crippen molar-refractivity contribution < 1.29 is 17.9 Å². The van der Waals surface area contributed by atoms with Crippen LogP contribution in [-0.2, 0) is 10.0 Å². The molecule has 0 aliphatic carbocycles. The fraction of sp³-hybridized carbons (Fsp3) is 0.0588. The minimum atomic E-state index is -4.25. The number of nitrogens with one attached hydrogen (secondary N) is 1. The number of amides is 1. The maximum atomic E-state index is 12.5. The van der Waals surface area contributed by atoms with Gasteiger partial charge in [-0.1, -0.05) is 40.9 Å². The van der Waals surface area contributed by atoms with Gasteiger partial charge in [0.05, 0.1) is 27.9 Å². The van der Waals surface area contributed by atoms with Crippen LogP contribution in [0.2, 0.25) is 15.1 Å². The van der Waals surface area contributed by atoms with Gasteiger partial charge >= 0.3 is 0 Å². The molecule has 0 aliphatic heterocycles. The molecule has 3 rings (SSSR count). The molecule has 1 aromatic heterocycles. The van der Waals surface area contributed by atoms with E-state index in [0.29, 0.717) is 10.7 Å². The number of hydrogen-bond donors (Lipinski definition) is 1. The van der Waals surface area contributed by atoms with Gasteiger partial charge in [-0.15, -0.1) is 0 Å². The number of rotatable bonds is 5. The van der Waals surface area contributed by atoms with Crippen LogP contribution in [0, 0.1) is 0 Å². The SMILES string of the molecule is COc1ccc(Cl)c(S(=O)(=O)NC(=O)c2cn(-c3cccc(Cl)c3Cl)cn2)c1. The van der Waals surface area contributed by atoms with E-state index in [1.54, 1.807) is 18.2 Å². The summed E-state index contributed by atoms with van der Waals surface area (Å²) in [6, 6.07) is 9.03. The Morgan fingerprint density at radius 1 is 1.14 bits per heavy atom. The Morgan fingerprint density at radius 2 is 1.89 bits per heavy atom. The van der Waals surface area contributed by atoms with Crippen LogP contribution in [0.5, 0.6) is 5.75 Å². The lowest BCUT2D eigenvalue weighted by Crippen LogP contribution is -2.31. The summed E-state index contributed by atoms with van der Waals surface area (Å²) in [7, 11) is -2.87. The number of benzene rings is 2. The summed E-state index contributed by atoms with van der Waals surface area (Å²) in [6.45, 7) is 0. The van der Waals surface area contributed by atoms with E-state index in [1.807, 2.05) is 4.72 Å². The number of methoxy groups -OCH3 is 1. The maximum absolute atomic E-state index is 12.5. The largest absolute Gasteiger partial charge is 0.497 e. The van der Waals surface area contributed by atoms with Crippen LogP contribution in [0.4, 0.5) is 0 Å². The van der Waals surface area contributed by atoms with E-state index >= 15 is 0 Å². The average Bonchev–Trinajstić information content (AvgIpc) is 3.14. The van der Waals surface area contributed by atoms with E-state index in [2.05, 4.69) is 4.98 Å². The number of imidazole rings is 1. The molecule has 2 aromatic carbocycles. The van der Waals surface area contributed by atoms with E-state index in [-0.39, 0.29) is 26.4 Å². The Labute approximate surface area is 175 Å². The summed E-state index contributed by atoms with van der Waals surface area (Å²) < 4.78 is 33.4. The van der Waals surface area contributed by atoms with E-state index in [9.17, 15) is 13.2 Å². The Hall–Kier alpha value is -2.26. The number of aromatic nitrogens is 2. The second-order valence-electron chi connectivity index (χ2n) is 5.47. The first-order valence-electron chi connectivity index (χ1n) is 7.62. The predicted molar refractivity (Wildman–Crippen MR) is 106 cm³/mol. The second-order valence-corrected chi connectivity index (χ2v) is 8.31. The molecule has 0 saturated heterocycles. The van der Waals surface area contributed by atoms with Gasteiger partial charge in [0.25, 0.3) is 15.9 Å². The lowest BCUT2D eigenvalue weighted by atomic mass is 10.3. The molecule has 0 saturated carbocycles. The summed E-state index contributed by atoms with van der Waals surface area (Å²) in [5.74, 6) is -0.659. The van der Waals surface area contributed by atoms with E-state index in [0.717, 1.165) is 0 Å². The Bertz CT molecular complexity index is 1160. The van der Waals surface area contributed by atoms with E-state index in [4.69, 9.17) is 39.5 Å². The van der Waals surface area contributed by atoms with E-state index in [1.165, 1.54) is 42.4 Å². The lowest BCUT2D eigenvalue weighted by molar-refractivity contribution is 0.0977. The topological polar surface area (TPSA) is 90.3 Å². The van der Waals surface area contributed by atoms with Gasteiger partial charge in [0.1, 0.15) is 22.7 Å². The number of halogens is 3. The molecule has 0 spiro atoms. The molecule has 11 heteroatoms. The van der Waals surface area contributed by atoms with Gasteiger partial charge < -0.3 is 9.30 Å². The van der Waals surface area contributed by atoms with Crippen LogP contribution in [0.3, 0.4) is 0 Å². The third kappa shape index (κ3) is 4.10. The molecular formula is C17H12Cl3N3O4S. The first-order chi connectivity index (χ1) is 13.2. The highest BCUT2D eigenvalue weighted by Gasteiger charge is 2.24. The molecule has 1 heterocycles. The molecule has 0 aliphatic rings. The first-order valence-corrected chi connectivity index (χ1v) is 10.2. The molecule has 28 heavy (non-hydrogen) atoms. The number of carbonyl (C=O) groups excluding carboxylic acids is 1. The number of sulfonamides is 1. The van der Waals surface area contributed by atoms with Crippen molar-refractivity contribution in [2.45, 2.75) is 4.90 Å². The highest BCUT2D eigenvalue weighted by atomic mass is 35.5. The van der Waals surface area contributed by atoms with Crippen molar-refractivity contribution in [1.29, 1.82) is 0 Å². The van der Waals surface area contributed by atoms with Gasteiger partial charge in [-0.25, -0.2) is 18.1 Å². The van der Waals surface area contributed by atoms with Gasteiger partial charge in [0, 0.05) is 12.3 Å². The Morgan fingerprint density at radius 3 is 2.61 bits per heavy atom. The minimum Gasteiger partial charge on any atom is -0.497 e. The molecule has 0 atom stereocenters. The van der Waals surface area contributed by atoms with Crippen molar-refractivity contribution in [2.24, 2.45) is 0 Å². The van der Waals surface area contributed by atoms with Crippen LogP contribution in [0.15, 0.2) is 53.8 Å². The minimum absolute atomic E-state index is 0.0580. The van der Waals surface area contributed by atoms with Crippen molar-refractivity contribution in [3.63, 3.8) is 0 Å². The van der Waals surface area contributed by atoms with Crippen LogP contribution < -0.4 is 9.46 Å². The van der Waals surface area contributed by atoms with Gasteiger partial charge in [-0.05, 0) is 24.3 Å². The lowest BCUT2D eigenvalue weighted by Gasteiger charge is -2.09. The molecule has 0 bridgehead atoms. The maximum Gasteiger partial charge on any atom is 0.285 e. The van der Waals surface area contributed by atoms with Crippen molar-refractivity contribution in [2.75, 3.05) is 7.11 Å². The summed E-state index contributed by atoms with van der Waals surface area (Å²) in [4.78, 5) is 16.0. The molecule has 1 N–H and O–H groups in total. The standard InChI is InChI=1S/C17H12Cl3N3O4S/c1-27-10-5-6-11(18)15(7-10)28(25,26)22-17(24)13-8-23(9-21-13)14-4-2-3-12(19)16(14)20/h2-9H,1H3,(H,22,24). The molecule has 0 fully saturated rings. The number of carbonyl (C=O) groups is 1. The van der Waals surface area contributed by atoms with Crippen LogP contribution in [-0.4, -0.2) is 31.0 Å². The van der Waals surface area contributed by atoms with Crippen molar-refractivity contribution >= 4 is 50.7 Å². The fourth-order valence-corrected chi connectivity index (χ4v) is 4.18. The van der Waals surface area contributed by atoms with Gasteiger partial charge in [0.2, 0.25) is 0 Å². The van der Waals surface area contributed by atoms with Gasteiger partial charge in [-0.2, -0.15) is 0 Å². The molecule has 7 nitrogen and oxygen atoms in total. The quantitative estimate of drug-likeness (QED) is 0.622. The third-order valence-corrected chi connectivity index (χ3v) is 6.30. The summed E-state index contributed by atoms with van der Waals surface area (Å²) in [5.41, 5.74) is 0.345. The number of nitrogens with zero attached hydrogens (tertiary/aromatic N) is 2. The smallest absolute Gasteiger partial charge is 0.285 e. The van der Waals surface area contributed by atoms with Crippen LogP contribution in [0.1, 0.15) is 10.5 Å². The third-order valence-electron chi connectivity index (χ3n) is 3.68. The van der Waals surface area contributed by atoms with Crippen molar-refractivity contribution in [1.82, 2.24) is 14.3 Å². The molecule has 146 valence electrons. The first kappa shape index (κ1) is 20.5. The van der Waals surface area contributed by atoms with Gasteiger partial charge in [0.15, 0.2) is 0 Å². The zero-order valence-corrected chi connectivity index (χ0v) is 17.3. The van der Waals surface area contributed by atoms with E-state index < -0.39 is 15.9 Å². The summed E-state index contributed by atoms with van der Waals surface area (Å²) in [6.07, 6.45) is 2.65. The van der Waals surface area contributed by atoms with Gasteiger partial charge in [-0.3, -0.25) is 4.79 Å². The number of hydrogen-bond acceptors (Lipinski definition) is 5. The Kier molecular flexibility index (Phi) is 5.85. The number of ether oxygens (including phenoxy) is 1. The van der Waals surface area contributed by atoms with Crippen LogP contribution >= 0.6 is 34.8 Å². The molecule has 0 radical (unpaired) electrons. The average molecular weight is 461 g/mol. The highest BCUT2D eigenvalue weighted by Crippen LogP contribution is 2.29. The molecule has 0 unspecified atom stereocenters.